The molecule has 2 atom stereocenters. The van der Waals surface area contributed by atoms with Crippen LogP contribution in [0.25, 0.3) is 0 Å². The first-order valence-electron chi connectivity index (χ1n) is 10.6. The molecule has 1 N–H and O–H groups in total. The smallest absolute Gasteiger partial charge is 0.238 e. The number of rotatable bonds is 5. The van der Waals surface area contributed by atoms with Crippen LogP contribution in [0, 0.1) is 13.8 Å². The highest BCUT2D eigenvalue weighted by molar-refractivity contribution is 5.93. The van der Waals surface area contributed by atoms with Crippen LogP contribution in [-0.2, 0) is 14.3 Å². The summed E-state index contributed by atoms with van der Waals surface area (Å²) in [6.07, 6.45) is 0.331. The van der Waals surface area contributed by atoms with Crippen molar-refractivity contribution < 1.29 is 14.3 Å². The topological polar surface area (TPSA) is 65.1 Å². The Balaban J connectivity index is 1.43. The van der Waals surface area contributed by atoms with Gasteiger partial charge in [-0.3, -0.25) is 19.4 Å². The van der Waals surface area contributed by atoms with Crippen molar-refractivity contribution in [2.45, 2.75) is 39.9 Å². The summed E-state index contributed by atoms with van der Waals surface area (Å²) in [7, 11) is 0. The summed E-state index contributed by atoms with van der Waals surface area (Å²) in [4.78, 5) is 31.4. The second-order valence-corrected chi connectivity index (χ2v) is 8.42. The van der Waals surface area contributed by atoms with Crippen molar-refractivity contribution >= 4 is 17.5 Å². The molecule has 2 fully saturated rings. The minimum absolute atomic E-state index is 0.00142. The average Bonchev–Trinajstić information content (AvgIpc) is 2.64. The Morgan fingerprint density at radius 3 is 2.14 bits per heavy atom. The zero-order valence-electron chi connectivity index (χ0n) is 18.1. The fourth-order valence-electron chi connectivity index (χ4n) is 4.25. The van der Waals surface area contributed by atoms with Gasteiger partial charge in [0.25, 0.3) is 0 Å². The molecule has 29 heavy (non-hydrogen) atoms. The second kappa shape index (κ2) is 9.69. The predicted octanol–water partition coefficient (Wildman–Crippen LogP) is 1.50. The number of hydrogen-bond acceptors (Lipinski definition) is 5. The van der Waals surface area contributed by atoms with Crippen molar-refractivity contribution in [3.8, 4) is 0 Å². The number of carbonyl (C=O) groups excluding carboxylic acids is 2. The van der Waals surface area contributed by atoms with Gasteiger partial charge < -0.3 is 15.0 Å². The lowest BCUT2D eigenvalue weighted by Crippen LogP contribution is -2.54. The number of piperazine rings is 1. The maximum atomic E-state index is 12.7. The van der Waals surface area contributed by atoms with Crippen LogP contribution >= 0.6 is 0 Å². The third-order valence-corrected chi connectivity index (χ3v) is 5.69. The average molecular weight is 403 g/mol. The van der Waals surface area contributed by atoms with Crippen LogP contribution < -0.4 is 5.32 Å². The number of carbonyl (C=O) groups is 2. The van der Waals surface area contributed by atoms with E-state index in [4.69, 9.17) is 4.74 Å². The van der Waals surface area contributed by atoms with E-state index in [2.05, 4.69) is 29.0 Å². The van der Waals surface area contributed by atoms with E-state index in [1.54, 1.807) is 0 Å². The maximum absolute atomic E-state index is 12.7. The predicted molar refractivity (Wildman–Crippen MR) is 114 cm³/mol. The van der Waals surface area contributed by atoms with Crippen molar-refractivity contribution in [2.75, 3.05) is 57.7 Å². The Hall–Kier alpha value is -1.96. The van der Waals surface area contributed by atoms with E-state index in [9.17, 15) is 9.59 Å². The van der Waals surface area contributed by atoms with Crippen LogP contribution in [0.3, 0.4) is 0 Å². The molecule has 0 saturated carbocycles. The van der Waals surface area contributed by atoms with Crippen molar-refractivity contribution in [1.82, 2.24) is 14.7 Å². The van der Waals surface area contributed by atoms with Gasteiger partial charge in [0, 0.05) is 45.0 Å². The van der Waals surface area contributed by atoms with Gasteiger partial charge in [-0.15, -0.1) is 0 Å². The quantitative estimate of drug-likeness (QED) is 0.809. The summed E-state index contributed by atoms with van der Waals surface area (Å²) < 4.78 is 5.74. The Morgan fingerprint density at radius 2 is 1.55 bits per heavy atom. The Bertz CT molecular complexity index is 701. The molecule has 0 unspecified atom stereocenters. The van der Waals surface area contributed by atoms with Gasteiger partial charge in [-0.1, -0.05) is 18.2 Å². The van der Waals surface area contributed by atoms with Crippen LogP contribution in [0.2, 0.25) is 0 Å². The number of para-hydroxylation sites is 1. The largest absolute Gasteiger partial charge is 0.373 e. The molecule has 7 nitrogen and oxygen atoms in total. The van der Waals surface area contributed by atoms with Gasteiger partial charge in [0.2, 0.25) is 11.8 Å². The van der Waals surface area contributed by atoms with E-state index in [-0.39, 0.29) is 24.0 Å². The van der Waals surface area contributed by atoms with E-state index in [0.29, 0.717) is 26.2 Å². The molecule has 3 rings (SSSR count). The zero-order valence-corrected chi connectivity index (χ0v) is 18.1. The number of benzene rings is 1. The van der Waals surface area contributed by atoms with Crippen LogP contribution in [0.15, 0.2) is 18.2 Å². The number of nitrogens with one attached hydrogen (secondary N) is 1. The minimum atomic E-state index is -0.00142. The highest BCUT2D eigenvalue weighted by Gasteiger charge is 2.27. The fourth-order valence-corrected chi connectivity index (χ4v) is 4.25. The summed E-state index contributed by atoms with van der Waals surface area (Å²) in [5, 5.41) is 3.04. The molecule has 2 amide bonds. The van der Waals surface area contributed by atoms with Crippen LogP contribution in [0.1, 0.15) is 25.0 Å². The van der Waals surface area contributed by atoms with Crippen molar-refractivity contribution in [3.05, 3.63) is 29.3 Å². The van der Waals surface area contributed by atoms with E-state index in [0.717, 1.165) is 43.0 Å². The van der Waals surface area contributed by atoms with Gasteiger partial charge in [-0.05, 0) is 38.8 Å². The summed E-state index contributed by atoms with van der Waals surface area (Å²) in [6, 6.07) is 6.00. The lowest BCUT2D eigenvalue weighted by Gasteiger charge is -2.38. The van der Waals surface area contributed by atoms with Gasteiger partial charge in [0.1, 0.15) is 0 Å². The van der Waals surface area contributed by atoms with E-state index < -0.39 is 0 Å². The van der Waals surface area contributed by atoms with Gasteiger partial charge in [0.15, 0.2) is 0 Å². The number of aryl methyl sites for hydroxylation is 2. The Labute approximate surface area is 174 Å². The molecular weight excluding hydrogens is 368 g/mol. The molecule has 2 heterocycles. The first-order valence-corrected chi connectivity index (χ1v) is 10.6. The highest BCUT2D eigenvalue weighted by atomic mass is 16.5. The molecule has 0 bridgehead atoms. The van der Waals surface area contributed by atoms with Gasteiger partial charge in [-0.2, -0.15) is 0 Å². The first kappa shape index (κ1) is 21.7. The molecule has 0 radical (unpaired) electrons. The Kier molecular flexibility index (Phi) is 7.27. The third kappa shape index (κ3) is 6.01. The second-order valence-electron chi connectivity index (χ2n) is 8.42. The molecule has 2 aliphatic heterocycles. The maximum Gasteiger partial charge on any atom is 0.238 e. The summed E-state index contributed by atoms with van der Waals surface area (Å²) in [5.41, 5.74) is 3.04. The number of nitrogens with zero attached hydrogens (tertiary/aromatic N) is 3. The molecule has 1 aromatic rings. The van der Waals surface area contributed by atoms with Crippen LogP contribution in [0.5, 0.6) is 0 Å². The molecular formula is C22H34N4O3. The molecule has 0 aromatic heterocycles. The van der Waals surface area contributed by atoms with Crippen LogP contribution in [0.4, 0.5) is 5.69 Å². The zero-order chi connectivity index (χ0) is 21.0. The van der Waals surface area contributed by atoms with Crippen LogP contribution in [-0.4, -0.2) is 91.1 Å². The van der Waals surface area contributed by atoms with E-state index in [1.165, 1.54) is 0 Å². The lowest BCUT2D eigenvalue weighted by atomic mass is 10.1. The molecule has 2 aliphatic rings. The standard InChI is InChI=1S/C22H34N4O3/c1-16-6-5-7-17(2)22(16)23-20(27)14-24-8-10-26(11-9-24)21(28)15-25-12-18(3)29-19(4)13-25/h5-7,18-19H,8-15H2,1-4H3,(H,23,27)/t18-,19+. The van der Waals surface area contributed by atoms with E-state index in [1.807, 2.05) is 36.9 Å². The number of amides is 2. The van der Waals surface area contributed by atoms with Crippen molar-refractivity contribution in [2.24, 2.45) is 0 Å². The number of anilines is 1. The monoisotopic (exact) mass is 402 g/mol. The van der Waals surface area contributed by atoms with Gasteiger partial charge in [0.05, 0.1) is 25.3 Å². The van der Waals surface area contributed by atoms with Crippen molar-refractivity contribution in [3.63, 3.8) is 0 Å². The first-order chi connectivity index (χ1) is 13.8. The number of ether oxygens (including phenoxy) is 1. The third-order valence-electron chi connectivity index (χ3n) is 5.69. The summed E-state index contributed by atoms with van der Waals surface area (Å²) in [5.74, 6) is 0.171. The minimum Gasteiger partial charge on any atom is -0.373 e. The fraction of sp³-hybridized carbons (Fsp3) is 0.636. The van der Waals surface area contributed by atoms with Gasteiger partial charge in [-0.25, -0.2) is 0 Å². The molecule has 0 spiro atoms. The summed E-state index contributed by atoms with van der Waals surface area (Å²) >= 11 is 0. The molecule has 160 valence electrons. The molecule has 7 heteroatoms. The molecule has 2 saturated heterocycles. The number of hydrogen-bond donors (Lipinski definition) is 1. The molecule has 1 aromatic carbocycles. The normalized spacial score (nSPS) is 23.8. The van der Waals surface area contributed by atoms with Crippen molar-refractivity contribution in [1.29, 1.82) is 0 Å². The number of morpholine rings is 1. The van der Waals surface area contributed by atoms with Gasteiger partial charge >= 0.3 is 0 Å². The summed E-state index contributed by atoms with van der Waals surface area (Å²) in [6.45, 7) is 13.3. The SMILES string of the molecule is Cc1cccc(C)c1NC(=O)CN1CCN(C(=O)CN2C[C@@H](C)O[C@@H](C)C2)CC1. The van der Waals surface area contributed by atoms with E-state index >= 15 is 0 Å². The highest BCUT2D eigenvalue weighted by Crippen LogP contribution is 2.19. The Morgan fingerprint density at radius 1 is 0.966 bits per heavy atom. The molecule has 0 aliphatic carbocycles. The lowest BCUT2D eigenvalue weighted by molar-refractivity contribution is -0.137.